The summed E-state index contributed by atoms with van der Waals surface area (Å²) in [5, 5.41) is 1.10. The van der Waals surface area contributed by atoms with Crippen LogP contribution in [0.25, 0.3) is 6.08 Å². The van der Waals surface area contributed by atoms with Crippen LogP contribution in [0.2, 0.25) is 0 Å². The van der Waals surface area contributed by atoms with Crippen LogP contribution in [0.3, 0.4) is 0 Å². The highest BCUT2D eigenvalue weighted by Gasteiger charge is 2.15. The van der Waals surface area contributed by atoms with Crippen LogP contribution in [0.5, 0.6) is 0 Å². The summed E-state index contributed by atoms with van der Waals surface area (Å²) in [5.74, 6) is 0. The quantitative estimate of drug-likeness (QED) is 0.786. The molecule has 0 aromatic heterocycles. The summed E-state index contributed by atoms with van der Waals surface area (Å²) in [6, 6.07) is 7.60. The maximum Gasteiger partial charge on any atom is 0.290 e. The Bertz CT molecular complexity index is 505. The smallest absolute Gasteiger partial charge is 0.266 e. The molecule has 4 heteroatoms. The van der Waals surface area contributed by atoms with E-state index in [9.17, 15) is 8.42 Å². The van der Waals surface area contributed by atoms with Crippen molar-refractivity contribution in [3.8, 4) is 0 Å². The molecule has 0 amide bonds. The molecule has 0 N–H and O–H groups in total. The first-order chi connectivity index (χ1) is 8.18. The number of aryl methyl sites for hydroxylation is 1. The zero-order chi connectivity index (χ0) is 13.8. The SMILES string of the molecule is Cc1ccc(/C=C/S(=O)(=O)OCC(C)(C)C)cc1. The van der Waals surface area contributed by atoms with Crippen LogP contribution < -0.4 is 0 Å². The lowest BCUT2D eigenvalue weighted by Gasteiger charge is -2.16. The van der Waals surface area contributed by atoms with Crippen LogP contribution >= 0.6 is 0 Å². The van der Waals surface area contributed by atoms with E-state index in [1.54, 1.807) is 0 Å². The Hall–Kier alpha value is -1.13. The predicted octanol–water partition coefficient (Wildman–Crippen LogP) is 3.36. The zero-order valence-corrected chi connectivity index (χ0v) is 12.1. The van der Waals surface area contributed by atoms with Crippen LogP contribution in [0.1, 0.15) is 31.9 Å². The topological polar surface area (TPSA) is 43.4 Å². The van der Waals surface area contributed by atoms with Gasteiger partial charge in [-0.25, -0.2) is 0 Å². The Labute approximate surface area is 110 Å². The third-order valence-electron chi connectivity index (χ3n) is 2.16. The first-order valence-corrected chi connectivity index (χ1v) is 7.29. The Morgan fingerprint density at radius 2 is 1.72 bits per heavy atom. The number of hydrogen-bond donors (Lipinski definition) is 0. The number of hydrogen-bond acceptors (Lipinski definition) is 3. The molecule has 18 heavy (non-hydrogen) atoms. The summed E-state index contributed by atoms with van der Waals surface area (Å²) < 4.78 is 28.1. The maximum absolute atomic E-state index is 11.6. The molecule has 0 fully saturated rings. The Balaban J connectivity index is 2.68. The molecule has 1 rings (SSSR count). The molecule has 0 bridgehead atoms. The van der Waals surface area contributed by atoms with Gasteiger partial charge in [0.25, 0.3) is 10.1 Å². The van der Waals surface area contributed by atoms with Gasteiger partial charge in [0.05, 0.1) is 12.0 Å². The number of benzene rings is 1. The van der Waals surface area contributed by atoms with Gasteiger partial charge in [0.2, 0.25) is 0 Å². The molecule has 3 nitrogen and oxygen atoms in total. The minimum atomic E-state index is -3.60. The van der Waals surface area contributed by atoms with E-state index < -0.39 is 10.1 Å². The maximum atomic E-state index is 11.6. The average Bonchev–Trinajstić information content (AvgIpc) is 2.25. The lowest BCUT2D eigenvalue weighted by molar-refractivity contribution is 0.206. The Morgan fingerprint density at radius 3 is 2.22 bits per heavy atom. The second kappa shape index (κ2) is 5.67. The van der Waals surface area contributed by atoms with Crippen molar-refractivity contribution in [3.63, 3.8) is 0 Å². The molecular formula is C14H20O3S. The molecule has 0 heterocycles. The van der Waals surface area contributed by atoms with Crippen molar-refractivity contribution in [2.45, 2.75) is 27.7 Å². The third-order valence-corrected chi connectivity index (χ3v) is 3.08. The highest BCUT2D eigenvalue weighted by atomic mass is 32.2. The zero-order valence-electron chi connectivity index (χ0n) is 11.3. The van der Waals surface area contributed by atoms with Gasteiger partial charge in [-0.1, -0.05) is 50.6 Å². The van der Waals surface area contributed by atoms with E-state index in [2.05, 4.69) is 0 Å². The molecule has 0 atom stereocenters. The molecule has 0 aliphatic rings. The monoisotopic (exact) mass is 268 g/mol. The van der Waals surface area contributed by atoms with Gasteiger partial charge in [-0.3, -0.25) is 4.18 Å². The van der Waals surface area contributed by atoms with Gasteiger partial charge in [-0.05, 0) is 24.0 Å². The summed E-state index contributed by atoms with van der Waals surface area (Å²) in [6.45, 7) is 7.93. The van der Waals surface area contributed by atoms with Crippen molar-refractivity contribution >= 4 is 16.2 Å². The van der Waals surface area contributed by atoms with Crippen molar-refractivity contribution in [2.24, 2.45) is 5.41 Å². The minimum absolute atomic E-state index is 0.174. The van der Waals surface area contributed by atoms with Crippen molar-refractivity contribution in [1.29, 1.82) is 0 Å². The molecule has 1 aromatic carbocycles. The molecular weight excluding hydrogens is 248 g/mol. The van der Waals surface area contributed by atoms with Gasteiger partial charge < -0.3 is 0 Å². The van der Waals surface area contributed by atoms with Gasteiger partial charge in [0.15, 0.2) is 0 Å². The fourth-order valence-electron chi connectivity index (χ4n) is 1.14. The lowest BCUT2D eigenvalue weighted by Crippen LogP contribution is -2.17. The van der Waals surface area contributed by atoms with Crippen LogP contribution in [0, 0.1) is 12.3 Å². The lowest BCUT2D eigenvalue weighted by atomic mass is 9.99. The van der Waals surface area contributed by atoms with Gasteiger partial charge in [-0.15, -0.1) is 0 Å². The molecule has 0 saturated heterocycles. The predicted molar refractivity (Wildman–Crippen MR) is 74.5 cm³/mol. The normalized spacial score (nSPS) is 13.1. The molecule has 100 valence electrons. The molecule has 0 spiro atoms. The van der Waals surface area contributed by atoms with Crippen LogP contribution in [0.15, 0.2) is 29.7 Å². The van der Waals surface area contributed by atoms with E-state index in [1.807, 2.05) is 52.0 Å². The molecule has 0 saturated carbocycles. The fourth-order valence-corrected chi connectivity index (χ4v) is 2.06. The minimum Gasteiger partial charge on any atom is -0.266 e. The molecule has 1 aromatic rings. The van der Waals surface area contributed by atoms with Crippen molar-refractivity contribution < 1.29 is 12.6 Å². The standard InChI is InChI=1S/C14H20O3S/c1-12-5-7-13(8-6-12)9-10-18(15,16)17-11-14(2,3)4/h5-10H,11H2,1-4H3/b10-9+. The first kappa shape index (κ1) is 14.9. The van der Waals surface area contributed by atoms with Gasteiger partial charge in [-0.2, -0.15) is 8.42 Å². The summed E-state index contributed by atoms with van der Waals surface area (Å²) in [5.41, 5.74) is 1.80. The largest absolute Gasteiger partial charge is 0.290 e. The fraction of sp³-hybridized carbons (Fsp3) is 0.429. The Kier molecular flexibility index (Phi) is 4.71. The molecule has 0 radical (unpaired) electrons. The van der Waals surface area contributed by atoms with E-state index in [0.29, 0.717) is 0 Å². The van der Waals surface area contributed by atoms with E-state index in [0.717, 1.165) is 16.5 Å². The van der Waals surface area contributed by atoms with Crippen LogP contribution in [0.4, 0.5) is 0 Å². The highest BCUT2D eigenvalue weighted by molar-refractivity contribution is 7.89. The van der Waals surface area contributed by atoms with E-state index in [-0.39, 0.29) is 12.0 Å². The highest BCUT2D eigenvalue weighted by Crippen LogP contribution is 2.15. The van der Waals surface area contributed by atoms with Gasteiger partial charge in [0.1, 0.15) is 0 Å². The van der Waals surface area contributed by atoms with Gasteiger partial charge >= 0.3 is 0 Å². The summed E-state index contributed by atoms with van der Waals surface area (Å²) in [7, 11) is -3.60. The molecule has 0 unspecified atom stereocenters. The van der Waals surface area contributed by atoms with Gasteiger partial charge in [0, 0.05) is 0 Å². The van der Waals surface area contributed by atoms with Crippen LogP contribution in [-0.2, 0) is 14.3 Å². The van der Waals surface area contributed by atoms with E-state index >= 15 is 0 Å². The van der Waals surface area contributed by atoms with Crippen molar-refractivity contribution in [2.75, 3.05) is 6.61 Å². The first-order valence-electron chi connectivity index (χ1n) is 5.82. The number of rotatable bonds is 4. The van der Waals surface area contributed by atoms with E-state index in [4.69, 9.17) is 4.18 Å². The Morgan fingerprint density at radius 1 is 1.17 bits per heavy atom. The van der Waals surface area contributed by atoms with Crippen LogP contribution in [-0.4, -0.2) is 15.0 Å². The van der Waals surface area contributed by atoms with Crippen molar-refractivity contribution in [3.05, 3.63) is 40.8 Å². The summed E-state index contributed by atoms with van der Waals surface area (Å²) in [6.07, 6.45) is 1.54. The second-order valence-electron chi connectivity index (χ2n) is 5.53. The summed E-state index contributed by atoms with van der Waals surface area (Å²) >= 11 is 0. The third kappa shape index (κ3) is 5.98. The van der Waals surface area contributed by atoms with E-state index in [1.165, 1.54) is 6.08 Å². The summed E-state index contributed by atoms with van der Waals surface area (Å²) in [4.78, 5) is 0. The second-order valence-corrected chi connectivity index (χ2v) is 7.02. The molecule has 0 aliphatic heterocycles. The average molecular weight is 268 g/mol. The molecule has 0 aliphatic carbocycles. The van der Waals surface area contributed by atoms with Crippen molar-refractivity contribution in [1.82, 2.24) is 0 Å².